The van der Waals surface area contributed by atoms with Crippen molar-refractivity contribution in [3.8, 4) is 0 Å². The molecule has 30 heavy (non-hydrogen) atoms. The van der Waals surface area contributed by atoms with Crippen LogP contribution in [-0.4, -0.2) is 42.2 Å². The van der Waals surface area contributed by atoms with Crippen molar-refractivity contribution in [2.45, 2.75) is 6.04 Å². The van der Waals surface area contributed by atoms with Gasteiger partial charge < -0.3 is 10.0 Å². The first-order valence-corrected chi connectivity index (χ1v) is 9.84. The van der Waals surface area contributed by atoms with E-state index in [1.807, 2.05) is 12.1 Å². The highest BCUT2D eigenvalue weighted by Crippen LogP contribution is 2.31. The number of carboxylic acids is 1. The number of nitrogens with zero attached hydrogens (tertiary/aromatic N) is 2. The van der Waals surface area contributed by atoms with Crippen LogP contribution in [0.3, 0.4) is 0 Å². The summed E-state index contributed by atoms with van der Waals surface area (Å²) in [5.41, 5.74) is 3.18. The van der Waals surface area contributed by atoms with Gasteiger partial charge in [-0.05, 0) is 59.7 Å². The van der Waals surface area contributed by atoms with Gasteiger partial charge in [0.05, 0.1) is 11.6 Å². The molecule has 3 aromatic rings. The number of aromatic carboxylic acids is 1. The Balaban J connectivity index is 1.53. The minimum absolute atomic E-state index is 0.0947. The monoisotopic (exact) mass is 408 g/mol. The molecule has 0 atom stereocenters. The van der Waals surface area contributed by atoms with Crippen molar-refractivity contribution < 1.29 is 18.7 Å². The van der Waals surface area contributed by atoms with Crippen molar-refractivity contribution in [2.75, 3.05) is 31.1 Å². The zero-order valence-electron chi connectivity index (χ0n) is 16.3. The van der Waals surface area contributed by atoms with Gasteiger partial charge in [-0.2, -0.15) is 0 Å². The van der Waals surface area contributed by atoms with E-state index in [0.29, 0.717) is 0 Å². The molecule has 4 rings (SSSR count). The quantitative estimate of drug-likeness (QED) is 0.672. The third-order valence-corrected chi connectivity index (χ3v) is 5.53. The first kappa shape index (κ1) is 20.0. The molecule has 0 bridgehead atoms. The molecule has 1 N–H and O–H groups in total. The van der Waals surface area contributed by atoms with Gasteiger partial charge >= 0.3 is 5.97 Å². The van der Waals surface area contributed by atoms with Gasteiger partial charge in [0.25, 0.3) is 0 Å². The summed E-state index contributed by atoms with van der Waals surface area (Å²) in [6.07, 6.45) is 0. The van der Waals surface area contributed by atoms with Crippen LogP contribution in [0.1, 0.15) is 27.5 Å². The van der Waals surface area contributed by atoms with E-state index in [-0.39, 0.29) is 23.2 Å². The highest BCUT2D eigenvalue weighted by atomic mass is 19.1. The molecular formula is C24H22F2N2O2. The molecule has 4 nitrogen and oxygen atoms in total. The number of carbonyl (C=O) groups is 1. The molecule has 3 aromatic carbocycles. The summed E-state index contributed by atoms with van der Waals surface area (Å²) in [6, 6.07) is 19.7. The molecule has 0 amide bonds. The largest absolute Gasteiger partial charge is 0.478 e. The van der Waals surface area contributed by atoms with E-state index in [9.17, 15) is 13.6 Å². The standard InChI is InChI=1S/C24H22F2N2O2/c25-20-7-1-17(2-8-20)23(18-3-9-21(26)10-4-18)28-15-13-27(14-16-28)22-11-5-19(6-12-22)24(29)30/h1-12,23H,13-16H2,(H,29,30). The molecule has 0 spiro atoms. The number of anilines is 1. The molecule has 1 aliphatic heterocycles. The van der Waals surface area contributed by atoms with Crippen LogP contribution in [0.5, 0.6) is 0 Å². The molecule has 1 fully saturated rings. The fourth-order valence-electron chi connectivity index (χ4n) is 3.96. The number of hydrogen-bond acceptors (Lipinski definition) is 3. The highest BCUT2D eigenvalue weighted by molar-refractivity contribution is 5.88. The Labute approximate surface area is 174 Å². The molecule has 0 unspecified atom stereocenters. The van der Waals surface area contributed by atoms with Crippen molar-refractivity contribution >= 4 is 11.7 Å². The lowest BCUT2D eigenvalue weighted by atomic mass is 9.96. The van der Waals surface area contributed by atoms with Gasteiger partial charge in [-0.1, -0.05) is 24.3 Å². The number of carboxylic acid groups (broad SMARTS) is 1. The van der Waals surface area contributed by atoms with E-state index >= 15 is 0 Å². The molecule has 0 aliphatic carbocycles. The Morgan fingerprint density at radius 3 is 1.63 bits per heavy atom. The summed E-state index contributed by atoms with van der Waals surface area (Å²) < 4.78 is 26.9. The zero-order chi connectivity index (χ0) is 21.1. The van der Waals surface area contributed by atoms with Gasteiger partial charge in [-0.25, -0.2) is 13.6 Å². The topological polar surface area (TPSA) is 43.8 Å². The lowest BCUT2D eigenvalue weighted by molar-refractivity contribution is 0.0697. The van der Waals surface area contributed by atoms with E-state index in [1.54, 1.807) is 36.4 Å². The van der Waals surface area contributed by atoms with E-state index in [1.165, 1.54) is 24.3 Å². The van der Waals surface area contributed by atoms with Gasteiger partial charge in [0, 0.05) is 31.9 Å². The molecule has 1 heterocycles. The second kappa shape index (κ2) is 8.63. The van der Waals surface area contributed by atoms with Gasteiger partial charge in [0.2, 0.25) is 0 Å². The van der Waals surface area contributed by atoms with Crippen molar-refractivity contribution in [3.63, 3.8) is 0 Å². The lowest BCUT2D eigenvalue weighted by Crippen LogP contribution is -2.48. The number of hydrogen-bond donors (Lipinski definition) is 1. The van der Waals surface area contributed by atoms with E-state index in [2.05, 4.69) is 9.80 Å². The number of rotatable bonds is 5. The van der Waals surface area contributed by atoms with Crippen molar-refractivity contribution in [1.29, 1.82) is 0 Å². The Kier molecular flexibility index (Phi) is 5.77. The zero-order valence-corrected chi connectivity index (χ0v) is 16.3. The van der Waals surface area contributed by atoms with Crippen LogP contribution in [0, 0.1) is 11.6 Å². The molecule has 154 valence electrons. The van der Waals surface area contributed by atoms with Crippen molar-refractivity contribution in [2.24, 2.45) is 0 Å². The maximum absolute atomic E-state index is 13.5. The molecule has 0 saturated carbocycles. The molecular weight excluding hydrogens is 386 g/mol. The van der Waals surface area contributed by atoms with E-state index < -0.39 is 5.97 Å². The van der Waals surface area contributed by atoms with Crippen LogP contribution < -0.4 is 4.90 Å². The van der Waals surface area contributed by atoms with Crippen molar-refractivity contribution in [3.05, 3.63) is 101 Å². The second-order valence-corrected chi connectivity index (χ2v) is 7.38. The number of halogens is 2. The maximum atomic E-state index is 13.5. The maximum Gasteiger partial charge on any atom is 0.335 e. The first-order chi connectivity index (χ1) is 14.5. The van der Waals surface area contributed by atoms with Crippen LogP contribution in [0.2, 0.25) is 0 Å². The summed E-state index contributed by atoms with van der Waals surface area (Å²) in [5.74, 6) is -1.51. The second-order valence-electron chi connectivity index (χ2n) is 7.38. The third-order valence-electron chi connectivity index (χ3n) is 5.53. The minimum atomic E-state index is -0.937. The summed E-state index contributed by atoms with van der Waals surface area (Å²) in [7, 11) is 0. The average Bonchev–Trinajstić information content (AvgIpc) is 2.77. The Bertz CT molecular complexity index is 951. The highest BCUT2D eigenvalue weighted by Gasteiger charge is 2.26. The van der Waals surface area contributed by atoms with E-state index in [4.69, 9.17) is 5.11 Å². The fraction of sp³-hybridized carbons (Fsp3) is 0.208. The van der Waals surface area contributed by atoms with Crippen LogP contribution in [-0.2, 0) is 0 Å². The normalized spacial score (nSPS) is 14.8. The summed E-state index contributed by atoms with van der Waals surface area (Å²) in [6.45, 7) is 3.07. The summed E-state index contributed by atoms with van der Waals surface area (Å²) in [5, 5.41) is 9.07. The molecule has 6 heteroatoms. The minimum Gasteiger partial charge on any atom is -0.478 e. The predicted octanol–water partition coefficient (Wildman–Crippen LogP) is 4.57. The summed E-state index contributed by atoms with van der Waals surface area (Å²) >= 11 is 0. The summed E-state index contributed by atoms with van der Waals surface area (Å²) in [4.78, 5) is 15.6. The van der Waals surface area contributed by atoms with Crippen LogP contribution >= 0.6 is 0 Å². The van der Waals surface area contributed by atoms with E-state index in [0.717, 1.165) is 43.0 Å². The molecule has 0 aromatic heterocycles. The smallest absolute Gasteiger partial charge is 0.335 e. The Hall–Kier alpha value is -3.25. The third kappa shape index (κ3) is 4.33. The molecule has 1 aliphatic rings. The van der Waals surface area contributed by atoms with Gasteiger partial charge in [0.1, 0.15) is 11.6 Å². The SMILES string of the molecule is O=C(O)c1ccc(N2CCN(C(c3ccc(F)cc3)c3ccc(F)cc3)CC2)cc1. The van der Waals surface area contributed by atoms with Gasteiger partial charge in [0.15, 0.2) is 0 Å². The lowest BCUT2D eigenvalue weighted by Gasteiger charge is -2.40. The first-order valence-electron chi connectivity index (χ1n) is 9.84. The van der Waals surface area contributed by atoms with Crippen molar-refractivity contribution in [1.82, 2.24) is 4.90 Å². The van der Waals surface area contributed by atoms with Crippen LogP contribution in [0.4, 0.5) is 14.5 Å². The predicted molar refractivity (Wildman–Crippen MR) is 112 cm³/mol. The molecule has 1 saturated heterocycles. The van der Waals surface area contributed by atoms with Crippen LogP contribution in [0.25, 0.3) is 0 Å². The fourth-order valence-corrected chi connectivity index (χ4v) is 3.96. The Morgan fingerprint density at radius 1 is 0.733 bits per heavy atom. The van der Waals surface area contributed by atoms with Gasteiger partial charge in [-0.3, -0.25) is 4.90 Å². The molecule has 0 radical (unpaired) electrons. The Morgan fingerprint density at radius 2 is 1.20 bits per heavy atom. The average molecular weight is 408 g/mol. The number of benzene rings is 3. The van der Waals surface area contributed by atoms with Crippen LogP contribution in [0.15, 0.2) is 72.8 Å². The number of piperazine rings is 1. The van der Waals surface area contributed by atoms with Gasteiger partial charge in [-0.15, -0.1) is 0 Å².